The Balaban J connectivity index is 1.27. The first-order chi connectivity index (χ1) is 18.0. The van der Waals surface area contributed by atoms with E-state index in [-0.39, 0.29) is 11.8 Å². The van der Waals surface area contributed by atoms with Crippen molar-refractivity contribution >= 4 is 22.5 Å². The lowest BCUT2D eigenvalue weighted by molar-refractivity contribution is -0.118. The third kappa shape index (κ3) is 5.72. The number of likely N-dealkylation sites (tertiary alicyclic amines) is 1. The number of ether oxygens (including phenoxy) is 1. The predicted molar refractivity (Wildman–Crippen MR) is 152 cm³/mol. The maximum atomic E-state index is 12.1. The molecule has 1 saturated heterocycles. The highest BCUT2D eigenvalue weighted by molar-refractivity contribution is 5.92. The van der Waals surface area contributed by atoms with Crippen molar-refractivity contribution in [2.75, 3.05) is 32.1 Å². The van der Waals surface area contributed by atoms with Gasteiger partial charge in [-0.3, -0.25) is 4.79 Å². The minimum atomic E-state index is -0.0208. The molecule has 0 radical (unpaired) electrons. The summed E-state index contributed by atoms with van der Waals surface area (Å²) in [7, 11) is 1.73. The van der Waals surface area contributed by atoms with Crippen LogP contribution in [-0.2, 0) is 11.2 Å². The molecule has 5 nitrogen and oxygen atoms in total. The van der Waals surface area contributed by atoms with Gasteiger partial charge < -0.3 is 19.9 Å². The lowest BCUT2D eigenvalue weighted by atomic mass is 9.89. The highest BCUT2D eigenvalue weighted by Gasteiger charge is 2.22. The van der Waals surface area contributed by atoms with Crippen LogP contribution < -0.4 is 10.1 Å². The summed E-state index contributed by atoms with van der Waals surface area (Å²) in [4.78, 5) is 18.4. The first-order valence-electron chi connectivity index (χ1n) is 13.4. The highest BCUT2D eigenvalue weighted by atomic mass is 16.5. The number of anilines is 1. The van der Waals surface area contributed by atoms with Gasteiger partial charge in [-0.05, 0) is 85.3 Å². The molecule has 0 atom stereocenters. The van der Waals surface area contributed by atoms with Crippen LogP contribution in [0, 0.1) is 5.92 Å². The number of hydrogen-bond donors (Lipinski definition) is 2. The number of rotatable bonds is 8. The topological polar surface area (TPSA) is 57.4 Å². The van der Waals surface area contributed by atoms with Crippen molar-refractivity contribution in [1.82, 2.24) is 9.88 Å². The fourth-order valence-corrected chi connectivity index (χ4v) is 5.38. The average molecular weight is 496 g/mol. The van der Waals surface area contributed by atoms with Crippen molar-refractivity contribution in [2.24, 2.45) is 5.92 Å². The third-order valence-corrected chi connectivity index (χ3v) is 7.59. The van der Waals surface area contributed by atoms with E-state index in [4.69, 9.17) is 4.74 Å². The molecular formula is C32H37N3O2. The number of amides is 1. The summed E-state index contributed by atoms with van der Waals surface area (Å²) < 4.78 is 5.53. The maximum absolute atomic E-state index is 12.1. The monoisotopic (exact) mass is 495 g/mol. The zero-order valence-electron chi connectivity index (χ0n) is 22.1. The van der Waals surface area contributed by atoms with Crippen LogP contribution in [0.15, 0.2) is 72.8 Å². The molecule has 1 amide bonds. The molecule has 0 spiro atoms. The molecule has 0 aliphatic carbocycles. The van der Waals surface area contributed by atoms with E-state index < -0.39 is 0 Å². The van der Waals surface area contributed by atoms with Crippen molar-refractivity contribution < 1.29 is 9.53 Å². The van der Waals surface area contributed by atoms with Crippen LogP contribution in [0.2, 0.25) is 0 Å². The summed E-state index contributed by atoms with van der Waals surface area (Å²) >= 11 is 0. The number of H-pyrrole nitrogens is 1. The summed E-state index contributed by atoms with van der Waals surface area (Å²) in [5.74, 6) is 1.47. The van der Waals surface area contributed by atoms with Crippen LogP contribution in [0.5, 0.6) is 5.75 Å². The maximum Gasteiger partial charge on any atom is 0.226 e. The van der Waals surface area contributed by atoms with Gasteiger partial charge in [0.2, 0.25) is 5.91 Å². The minimum Gasteiger partial charge on any atom is -0.497 e. The van der Waals surface area contributed by atoms with Crippen LogP contribution in [0.25, 0.3) is 22.2 Å². The van der Waals surface area contributed by atoms with Gasteiger partial charge in [0.15, 0.2) is 0 Å². The van der Waals surface area contributed by atoms with Crippen LogP contribution in [0.4, 0.5) is 5.69 Å². The number of hydrogen-bond acceptors (Lipinski definition) is 3. The zero-order valence-corrected chi connectivity index (χ0v) is 22.1. The molecule has 2 N–H and O–H groups in total. The molecule has 192 valence electrons. The van der Waals surface area contributed by atoms with E-state index >= 15 is 0 Å². The van der Waals surface area contributed by atoms with Gasteiger partial charge in [0.05, 0.1) is 7.11 Å². The molecule has 3 aromatic carbocycles. The number of methoxy groups -OCH3 is 1. The van der Waals surface area contributed by atoms with Crippen molar-refractivity contribution in [3.05, 3.63) is 83.9 Å². The SMILES string of the molecule is COc1ccc2[nH]c(-c3ccccc3)c(CCN3CCC(c4cccc(NC(=O)C(C)C)c4)CC3)c2c1. The number of aromatic nitrogens is 1. The van der Waals surface area contributed by atoms with E-state index in [1.54, 1.807) is 7.11 Å². The lowest BCUT2D eigenvalue weighted by Gasteiger charge is -2.32. The number of carbonyl (C=O) groups is 1. The highest BCUT2D eigenvalue weighted by Crippen LogP contribution is 2.34. The number of benzene rings is 3. The largest absolute Gasteiger partial charge is 0.497 e. The fourth-order valence-electron chi connectivity index (χ4n) is 5.38. The Morgan fingerprint density at radius 2 is 1.81 bits per heavy atom. The Hall–Kier alpha value is -3.57. The molecule has 0 bridgehead atoms. The van der Waals surface area contributed by atoms with Crippen LogP contribution in [0.3, 0.4) is 0 Å². The Labute approximate surface area is 219 Å². The van der Waals surface area contributed by atoms with E-state index in [9.17, 15) is 4.79 Å². The van der Waals surface area contributed by atoms with Gasteiger partial charge in [-0.25, -0.2) is 0 Å². The number of carbonyl (C=O) groups excluding carboxylic acids is 1. The smallest absolute Gasteiger partial charge is 0.226 e. The second-order valence-corrected chi connectivity index (χ2v) is 10.4. The van der Waals surface area contributed by atoms with Gasteiger partial charge in [-0.2, -0.15) is 0 Å². The number of nitrogens with zero attached hydrogens (tertiary/aromatic N) is 1. The third-order valence-electron chi connectivity index (χ3n) is 7.59. The zero-order chi connectivity index (χ0) is 25.8. The molecule has 1 aliphatic rings. The summed E-state index contributed by atoms with van der Waals surface area (Å²) in [6.07, 6.45) is 3.25. The summed E-state index contributed by atoms with van der Waals surface area (Å²) in [6.45, 7) is 7.04. The van der Waals surface area contributed by atoms with Gasteiger partial charge in [0.1, 0.15) is 5.75 Å². The first kappa shape index (κ1) is 25.1. The molecule has 0 unspecified atom stereocenters. The van der Waals surface area contributed by atoms with Gasteiger partial charge in [-0.15, -0.1) is 0 Å². The van der Waals surface area contributed by atoms with E-state index in [1.165, 1.54) is 27.8 Å². The lowest BCUT2D eigenvalue weighted by Crippen LogP contribution is -2.34. The standard InChI is InChI=1S/C32H37N3O2/c1-22(2)32(36)33-26-11-7-10-25(20-26)23-14-17-35(18-15-23)19-16-28-29-21-27(37-3)12-13-30(29)34-31(28)24-8-5-4-6-9-24/h4-13,20-23,34H,14-19H2,1-3H3,(H,33,36). The molecule has 1 aromatic heterocycles. The van der Waals surface area contributed by atoms with Crippen LogP contribution >= 0.6 is 0 Å². The molecule has 37 heavy (non-hydrogen) atoms. The van der Waals surface area contributed by atoms with Crippen molar-refractivity contribution in [3.8, 4) is 17.0 Å². The first-order valence-corrected chi connectivity index (χ1v) is 13.4. The molecule has 1 aliphatic heterocycles. The summed E-state index contributed by atoms with van der Waals surface area (Å²) in [6, 6.07) is 25.3. The Morgan fingerprint density at radius 1 is 1.03 bits per heavy atom. The molecule has 2 heterocycles. The molecule has 5 heteroatoms. The predicted octanol–water partition coefficient (Wildman–Crippen LogP) is 6.86. The van der Waals surface area contributed by atoms with E-state index in [1.807, 2.05) is 26.0 Å². The van der Waals surface area contributed by atoms with E-state index in [2.05, 4.69) is 75.9 Å². The average Bonchev–Trinajstić information content (AvgIpc) is 3.30. The minimum absolute atomic E-state index is 0.0208. The van der Waals surface area contributed by atoms with Gasteiger partial charge >= 0.3 is 0 Å². The van der Waals surface area contributed by atoms with Crippen molar-refractivity contribution in [2.45, 2.75) is 39.0 Å². The van der Waals surface area contributed by atoms with Gasteiger partial charge in [0, 0.05) is 34.7 Å². The number of piperidine rings is 1. The van der Waals surface area contributed by atoms with Gasteiger partial charge in [0.25, 0.3) is 0 Å². The Kier molecular flexibility index (Phi) is 7.61. The second kappa shape index (κ2) is 11.2. The molecular weight excluding hydrogens is 458 g/mol. The van der Waals surface area contributed by atoms with E-state index in [0.29, 0.717) is 5.92 Å². The second-order valence-electron chi connectivity index (χ2n) is 10.4. The number of nitrogens with one attached hydrogen (secondary N) is 2. The molecule has 1 fully saturated rings. The normalized spacial score (nSPS) is 14.8. The summed E-state index contributed by atoms with van der Waals surface area (Å²) in [5, 5.41) is 4.29. The van der Waals surface area contributed by atoms with Crippen molar-refractivity contribution in [1.29, 1.82) is 0 Å². The van der Waals surface area contributed by atoms with Crippen LogP contribution in [0.1, 0.15) is 43.7 Å². The molecule has 0 saturated carbocycles. The van der Waals surface area contributed by atoms with Gasteiger partial charge in [-0.1, -0.05) is 56.3 Å². The Morgan fingerprint density at radius 3 is 2.54 bits per heavy atom. The number of aromatic amines is 1. The van der Waals surface area contributed by atoms with Crippen molar-refractivity contribution in [3.63, 3.8) is 0 Å². The van der Waals surface area contributed by atoms with Crippen LogP contribution in [-0.4, -0.2) is 42.5 Å². The molecule has 5 rings (SSSR count). The molecule has 4 aromatic rings. The van der Waals surface area contributed by atoms with E-state index in [0.717, 1.165) is 55.9 Å². The number of fused-ring (bicyclic) bond motifs is 1. The Bertz CT molecular complexity index is 1350. The quantitative estimate of drug-likeness (QED) is 0.281. The fraction of sp³-hybridized carbons (Fsp3) is 0.344. The summed E-state index contributed by atoms with van der Waals surface area (Å²) in [5.41, 5.74) is 7.17.